The van der Waals surface area contributed by atoms with Gasteiger partial charge in [-0.3, -0.25) is 0 Å². The number of halogens is 1. The predicted molar refractivity (Wildman–Crippen MR) is 74.8 cm³/mol. The summed E-state index contributed by atoms with van der Waals surface area (Å²) in [5.74, 6) is 0. The van der Waals surface area contributed by atoms with Gasteiger partial charge in [0.2, 0.25) is 0 Å². The highest BCUT2D eigenvalue weighted by Crippen LogP contribution is 2.14. The van der Waals surface area contributed by atoms with Crippen LogP contribution >= 0.6 is 22.6 Å². The maximum absolute atomic E-state index is 9.79. The predicted octanol–water partition coefficient (Wildman–Crippen LogP) is 3.17. The van der Waals surface area contributed by atoms with Crippen LogP contribution in [0, 0.1) is 0 Å². The van der Waals surface area contributed by atoms with Crippen LogP contribution in [0.25, 0.3) is 0 Å². The molecule has 0 radical (unpaired) electrons. The van der Waals surface area contributed by atoms with Crippen molar-refractivity contribution in [3.8, 4) is 0 Å². The Balaban J connectivity index is 2.20. The molecule has 0 unspecified atom stereocenters. The fourth-order valence-corrected chi connectivity index (χ4v) is 2.27. The summed E-state index contributed by atoms with van der Waals surface area (Å²) in [4.78, 5) is 0. The van der Waals surface area contributed by atoms with E-state index in [1.807, 2.05) is 30.3 Å². The molecular formula is C13H19IO2. The molecule has 16 heavy (non-hydrogen) atoms. The molecule has 0 fully saturated rings. The Bertz CT molecular complexity index is 277. The summed E-state index contributed by atoms with van der Waals surface area (Å²) < 4.78 is 5.78. The molecule has 0 saturated heterocycles. The minimum absolute atomic E-state index is 0.290. The molecule has 0 aliphatic rings. The third-order valence-corrected chi connectivity index (χ3v) is 3.84. The molecule has 1 aromatic carbocycles. The summed E-state index contributed by atoms with van der Waals surface area (Å²) in [6, 6.07) is 10.0. The first-order valence-electron chi connectivity index (χ1n) is 5.67. The number of benzene rings is 1. The summed E-state index contributed by atoms with van der Waals surface area (Å²) in [6.07, 6.45) is 1.78. The lowest BCUT2D eigenvalue weighted by atomic mass is 10.2. The molecule has 3 heteroatoms. The van der Waals surface area contributed by atoms with Gasteiger partial charge in [-0.2, -0.15) is 0 Å². The number of alkyl halides is 1. The average molecular weight is 334 g/mol. The van der Waals surface area contributed by atoms with E-state index >= 15 is 0 Å². The van der Waals surface area contributed by atoms with Crippen LogP contribution in [0.3, 0.4) is 0 Å². The molecule has 0 aliphatic heterocycles. The SMILES string of the molecule is CCC[C@@H](I)[C@@H](O)COCc1ccccc1. The Morgan fingerprint density at radius 3 is 2.62 bits per heavy atom. The van der Waals surface area contributed by atoms with E-state index in [0.717, 1.165) is 18.4 Å². The van der Waals surface area contributed by atoms with Gasteiger partial charge in [-0.25, -0.2) is 0 Å². The summed E-state index contributed by atoms with van der Waals surface area (Å²) in [5, 5.41) is 9.79. The molecular weight excluding hydrogens is 315 g/mol. The van der Waals surface area contributed by atoms with E-state index in [4.69, 9.17) is 4.74 Å². The monoisotopic (exact) mass is 334 g/mol. The van der Waals surface area contributed by atoms with Crippen LogP contribution in [0.4, 0.5) is 0 Å². The highest BCUT2D eigenvalue weighted by atomic mass is 127. The second-order valence-electron chi connectivity index (χ2n) is 3.87. The van der Waals surface area contributed by atoms with E-state index in [0.29, 0.717) is 17.1 Å². The number of hydrogen-bond acceptors (Lipinski definition) is 2. The van der Waals surface area contributed by atoms with E-state index in [1.165, 1.54) is 0 Å². The van der Waals surface area contributed by atoms with Crippen LogP contribution in [0.1, 0.15) is 25.3 Å². The van der Waals surface area contributed by atoms with Crippen molar-refractivity contribution in [1.29, 1.82) is 0 Å². The lowest BCUT2D eigenvalue weighted by Gasteiger charge is -2.16. The second kappa shape index (κ2) is 8.03. The first-order chi connectivity index (χ1) is 7.74. The van der Waals surface area contributed by atoms with Crippen molar-refractivity contribution < 1.29 is 9.84 Å². The van der Waals surface area contributed by atoms with Crippen LogP contribution in [0.15, 0.2) is 30.3 Å². The average Bonchev–Trinajstić information content (AvgIpc) is 2.30. The molecule has 1 N–H and O–H groups in total. The Morgan fingerprint density at radius 2 is 2.00 bits per heavy atom. The molecule has 0 aromatic heterocycles. The van der Waals surface area contributed by atoms with E-state index in [1.54, 1.807) is 0 Å². The molecule has 0 saturated carbocycles. The Hall–Kier alpha value is -0.130. The van der Waals surface area contributed by atoms with Crippen LogP contribution in [-0.2, 0) is 11.3 Å². The second-order valence-corrected chi connectivity index (χ2v) is 5.47. The van der Waals surface area contributed by atoms with Gasteiger partial charge in [-0.05, 0) is 12.0 Å². The van der Waals surface area contributed by atoms with Gasteiger partial charge in [-0.1, -0.05) is 66.3 Å². The molecule has 2 nitrogen and oxygen atoms in total. The van der Waals surface area contributed by atoms with Gasteiger partial charge in [0.1, 0.15) is 0 Å². The van der Waals surface area contributed by atoms with Gasteiger partial charge in [0, 0.05) is 3.92 Å². The third kappa shape index (κ3) is 5.27. The van der Waals surface area contributed by atoms with Crippen molar-refractivity contribution in [2.45, 2.75) is 36.4 Å². The Labute approximate surface area is 111 Å². The minimum Gasteiger partial charge on any atom is -0.390 e. The molecule has 90 valence electrons. The number of ether oxygens (including phenoxy) is 1. The number of rotatable bonds is 7. The fourth-order valence-electron chi connectivity index (χ4n) is 1.44. The first-order valence-corrected chi connectivity index (χ1v) is 6.92. The van der Waals surface area contributed by atoms with E-state index in [2.05, 4.69) is 29.5 Å². The first kappa shape index (κ1) is 13.9. The zero-order chi connectivity index (χ0) is 11.8. The number of aliphatic hydroxyl groups is 1. The van der Waals surface area contributed by atoms with Crippen molar-refractivity contribution in [2.24, 2.45) is 0 Å². The van der Waals surface area contributed by atoms with E-state index in [-0.39, 0.29) is 6.10 Å². The molecule has 0 spiro atoms. The zero-order valence-electron chi connectivity index (χ0n) is 9.60. The largest absolute Gasteiger partial charge is 0.390 e. The summed E-state index contributed by atoms with van der Waals surface area (Å²) in [5.41, 5.74) is 1.15. The van der Waals surface area contributed by atoms with E-state index in [9.17, 15) is 5.11 Å². The standard InChI is InChI=1S/C13H19IO2/c1-2-6-12(14)13(15)10-16-9-11-7-4-3-5-8-11/h3-5,7-8,12-13,15H,2,6,9-10H2,1H3/t12-,13+/m1/s1. The van der Waals surface area contributed by atoms with E-state index < -0.39 is 0 Å². The van der Waals surface area contributed by atoms with Crippen molar-refractivity contribution in [1.82, 2.24) is 0 Å². The molecule has 0 amide bonds. The topological polar surface area (TPSA) is 29.5 Å². The van der Waals surface area contributed by atoms with Crippen molar-refractivity contribution in [3.63, 3.8) is 0 Å². The van der Waals surface area contributed by atoms with Gasteiger partial charge in [-0.15, -0.1) is 0 Å². The molecule has 1 aromatic rings. The van der Waals surface area contributed by atoms with Crippen LogP contribution < -0.4 is 0 Å². The van der Waals surface area contributed by atoms with Gasteiger partial charge in [0.05, 0.1) is 19.3 Å². The lowest BCUT2D eigenvalue weighted by molar-refractivity contribution is 0.0288. The molecule has 0 aliphatic carbocycles. The van der Waals surface area contributed by atoms with Gasteiger partial charge in [0.25, 0.3) is 0 Å². The fraction of sp³-hybridized carbons (Fsp3) is 0.538. The highest BCUT2D eigenvalue weighted by molar-refractivity contribution is 14.1. The quantitative estimate of drug-likeness (QED) is 0.613. The molecule has 0 heterocycles. The molecule has 0 bridgehead atoms. The smallest absolute Gasteiger partial charge is 0.0891 e. The van der Waals surface area contributed by atoms with Crippen molar-refractivity contribution in [2.75, 3.05) is 6.61 Å². The lowest BCUT2D eigenvalue weighted by Crippen LogP contribution is -2.25. The van der Waals surface area contributed by atoms with Crippen LogP contribution in [-0.4, -0.2) is 21.7 Å². The number of hydrogen-bond donors (Lipinski definition) is 1. The summed E-state index contributed by atoms with van der Waals surface area (Å²) >= 11 is 2.29. The van der Waals surface area contributed by atoms with Crippen molar-refractivity contribution >= 4 is 22.6 Å². The number of aliphatic hydroxyl groups excluding tert-OH is 1. The van der Waals surface area contributed by atoms with Crippen molar-refractivity contribution in [3.05, 3.63) is 35.9 Å². The molecule has 1 rings (SSSR count). The summed E-state index contributed by atoms with van der Waals surface area (Å²) in [6.45, 7) is 3.12. The van der Waals surface area contributed by atoms with Gasteiger partial charge < -0.3 is 9.84 Å². The molecule has 2 atom stereocenters. The third-order valence-electron chi connectivity index (χ3n) is 2.38. The minimum atomic E-state index is -0.357. The normalized spacial score (nSPS) is 14.7. The highest BCUT2D eigenvalue weighted by Gasteiger charge is 2.14. The maximum Gasteiger partial charge on any atom is 0.0891 e. The summed E-state index contributed by atoms with van der Waals surface area (Å²) in [7, 11) is 0. The van der Waals surface area contributed by atoms with Crippen LogP contribution in [0.2, 0.25) is 0 Å². The maximum atomic E-state index is 9.79. The van der Waals surface area contributed by atoms with Crippen LogP contribution in [0.5, 0.6) is 0 Å². The van der Waals surface area contributed by atoms with Gasteiger partial charge >= 0.3 is 0 Å². The van der Waals surface area contributed by atoms with Gasteiger partial charge in [0.15, 0.2) is 0 Å². The Morgan fingerprint density at radius 1 is 1.31 bits per heavy atom. The zero-order valence-corrected chi connectivity index (χ0v) is 11.8. The Kier molecular flexibility index (Phi) is 7.00.